The van der Waals surface area contributed by atoms with Gasteiger partial charge >= 0.3 is 0 Å². The first-order chi connectivity index (χ1) is 16.0. The molecule has 2 amide bonds. The Hall–Kier alpha value is -3.64. The van der Waals surface area contributed by atoms with Crippen molar-refractivity contribution in [1.29, 1.82) is 0 Å². The van der Waals surface area contributed by atoms with Gasteiger partial charge in [-0.15, -0.1) is 0 Å². The highest BCUT2D eigenvalue weighted by Crippen LogP contribution is 2.24. The first kappa shape index (κ1) is 22.6. The Morgan fingerprint density at radius 1 is 0.879 bits per heavy atom. The molecule has 2 N–H and O–H groups in total. The fourth-order valence-corrected chi connectivity index (χ4v) is 4.05. The maximum atomic E-state index is 12.6. The molecule has 0 spiro atoms. The fourth-order valence-electron chi connectivity index (χ4n) is 4.05. The Bertz CT molecular complexity index is 1080. The van der Waals surface area contributed by atoms with Crippen molar-refractivity contribution >= 4 is 28.9 Å². The van der Waals surface area contributed by atoms with Gasteiger partial charge in [0.15, 0.2) is 0 Å². The van der Waals surface area contributed by atoms with Gasteiger partial charge in [-0.3, -0.25) is 9.59 Å². The first-order valence-corrected chi connectivity index (χ1v) is 11.2. The summed E-state index contributed by atoms with van der Waals surface area (Å²) in [6, 6.07) is 25.1. The molecule has 1 fully saturated rings. The second-order valence-electron chi connectivity index (χ2n) is 8.64. The summed E-state index contributed by atoms with van der Waals surface area (Å²) in [5.74, 6) is -0.271. The number of carbonyl (C=O) groups is 2. The Morgan fingerprint density at radius 2 is 1.52 bits per heavy atom. The molecule has 1 saturated heterocycles. The molecule has 0 saturated carbocycles. The van der Waals surface area contributed by atoms with Crippen LogP contribution in [0.4, 0.5) is 17.1 Å². The van der Waals surface area contributed by atoms with E-state index in [1.165, 1.54) is 5.69 Å². The highest BCUT2D eigenvalue weighted by molar-refractivity contribution is 6.04. The summed E-state index contributed by atoms with van der Waals surface area (Å²) in [5.41, 5.74) is 4.09. The van der Waals surface area contributed by atoms with Gasteiger partial charge in [0.2, 0.25) is 5.91 Å². The van der Waals surface area contributed by atoms with Crippen molar-refractivity contribution < 1.29 is 9.59 Å². The number of nitrogens with one attached hydrogen (secondary N) is 2. The van der Waals surface area contributed by atoms with Crippen LogP contribution in [0.1, 0.15) is 22.3 Å². The van der Waals surface area contributed by atoms with Gasteiger partial charge in [0.1, 0.15) is 0 Å². The molecule has 6 nitrogen and oxygen atoms in total. The summed E-state index contributed by atoms with van der Waals surface area (Å²) in [5, 5.41) is 5.81. The maximum absolute atomic E-state index is 12.6. The molecule has 1 aliphatic heterocycles. The van der Waals surface area contributed by atoms with Gasteiger partial charge in [-0.1, -0.05) is 30.3 Å². The number of likely N-dealkylation sites (N-methyl/N-ethyl adjacent to an activating group) is 1. The molecule has 0 aromatic heterocycles. The Balaban J connectivity index is 1.30. The number of amides is 2. The van der Waals surface area contributed by atoms with Crippen molar-refractivity contribution in [2.45, 2.75) is 18.9 Å². The van der Waals surface area contributed by atoms with E-state index in [1.54, 1.807) is 24.3 Å². The molecular weight excluding hydrogens is 412 g/mol. The van der Waals surface area contributed by atoms with Crippen LogP contribution in [0.2, 0.25) is 0 Å². The average molecular weight is 443 g/mol. The van der Waals surface area contributed by atoms with Crippen LogP contribution in [0.25, 0.3) is 0 Å². The van der Waals surface area contributed by atoms with Crippen molar-refractivity contribution in [3.8, 4) is 0 Å². The number of benzene rings is 3. The monoisotopic (exact) mass is 442 g/mol. The van der Waals surface area contributed by atoms with Gasteiger partial charge in [0.05, 0.1) is 6.42 Å². The lowest BCUT2D eigenvalue weighted by Crippen LogP contribution is -2.31. The molecular formula is C27H30N4O2. The predicted octanol–water partition coefficient (Wildman–Crippen LogP) is 4.26. The quantitative estimate of drug-likeness (QED) is 0.574. The smallest absolute Gasteiger partial charge is 0.255 e. The van der Waals surface area contributed by atoms with Crippen LogP contribution >= 0.6 is 0 Å². The van der Waals surface area contributed by atoms with E-state index >= 15 is 0 Å². The van der Waals surface area contributed by atoms with E-state index < -0.39 is 0 Å². The summed E-state index contributed by atoms with van der Waals surface area (Å²) in [7, 11) is 4.25. The molecule has 0 bridgehead atoms. The molecule has 4 rings (SSSR count). The second-order valence-corrected chi connectivity index (χ2v) is 8.64. The number of nitrogens with zero attached hydrogens (tertiary/aromatic N) is 2. The average Bonchev–Trinajstić information content (AvgIpc) is 3.31. The first-order valence-electron chi connectivity index (χ1n) is 11.2. The predicted molar refractivity (Wildman–Crippen MR) is 134 cm³/mol. The minimum absolute atomic E-state index is 0.0894. The largest absolute Gasteiger partial charge is 0.370 e. The van der Waals surface area contributed by atoms with Gasteiger partial charge in [-0.25, -0.2) is 0 Å². The Kier molecular flexibility index (Phi) is 7.05. The molecule has 3 aromatic carbocycles. The van der Waals surface area contributed by atoms with Crippen LogP contribution in [0.15, 0.2) is 78.9 Å². The van der Waals surface area contributed by atoms with E-state index in [1.807, 2.05) is 42.5 Å². The lowest BCUT2D eigenvalue weighted by molar-refractivity contribution is -0.115. The van der Waals surface area contributed by atoms with Crippen LogP contribution in [-0.2, 0) is 11.2 Å². The van der Waals surface area contributed by atoms with Crippen LogP contribution in [0, 0.1) is 0 Å². The molecule has 1 aliphatic rings. The normalized spacial score (nSPS) is 15.5. The van der Waals surface area contributed by atoms with Crippen molar-refractivity contribution in [1.82, 2.24) is 4.90 Å². The van der Waals surface area contributed by atoms with Crippen molar-refractivity contribution in [3.63, 3.8) is 0 Å². The van der Waals surface area contributed by atoms with Gasteiger partial charge in [-0.05, 0) is 74.6 Å². The minimum Gasteiger partial charge on any atom is -0.370 e. The SMILES string of the molecule is CN(C)C1CCN(c2ccc(NC(=O)c3ccc(NC(=O)Cc4ccccc4)cc3)cc2)C1. The van der Waals surface area contributed by atoms with Crippen LogP contribution < -0.4 is 15.5 Å². The van der Waals surface area contributed by atoms with Crippen molar-refractivity contribution in [2.24, 2.45) is 0 Å². The summed E-state index contributed by atoms with van der Waals surface area (Å²) in [4.78, 5) is 29.5. The lowest BCUT2D eigenvalue weighted by Gasteiger charge is -2.22. The lowest BCUT2D eigenvalue weighted by atomic mass is 10.1. The van der Waals surface area contributed by atoms with E-state index in [0.29, 0.717) is 23.7 Å². The fraction of sp³-hybridized carbons (Fsp3) is 0.259. The molecule has 0 radical (unpaired) electrons. The number of rotatable bonds is 7. The number of hydrogen-bond donors (Lipinski definition) is 2. The van der Waals surface area contributed by atoms with E-state index in [9.17, 15) is 9.59 Å². The summed E-state index contributed by atoms with van der Waals surface area (Å²) in [6.45, 7) is 2.07. The summed E-state index contributed by atoms with van der Waals surface area (Å²) in [6.07, 6.45) is 1.47. The van der Waals surface area contributed by atoms with Crippen molar-refractivity contribution in [3.05, 3.63) is 90.0 Å². The highest BCUT2D eigenvalue weighted by atomic mass is 16.2. The van der Waals surface area contributed by atoms with Gasteiger partial charge in [0, 0.05) is 41.8 Å². The molecule has 0 aliphatic carbocycles. The van der Waals surface area contributed by atoms with Crippen LogP contribution in [0.3, 0.4) is 0 Å². The van der Waals surface area contributed by atoms with Crippen LogP contribution in [-0.4, -0.2) is 49.9 Å². The molecule has 1 heterocycles. The van der Waals surface area contributed by atoms with Gasteiger partial charge < -0.3 is 20.4 Å². The number of hydrogen-bond acceptors (Lipinski definition) is 4. The second kappa shape index (κ2) is 10.3. The Labute approximate surface area is 195 Å². The standard InChI is InChI=1S/C27H30N4O2/c1-30(2)25-16-17-31(19-25)24-14-12-23(13-15-24)29-27(33)21-8-10-22(11-9-21)28-26(32)18-20-6-4-3-5-7-20/h3-15,25H,16-19H2,1-2H3,(H,28,32)(H,29,33). The topological polar surface area (TPSA) is 64.7 Å². The minimum atomic E-state index is -0.182. The maximum Gasteiger partial charge on any atom is 0.255 e. The third kappa shape index (κ3) is 5.99. The van der Waals surface area contributed by atoms with Crippen molar-refractivity contribution in [2.75, 3.05) is 42.7 Å². The van der Waals surface area contributed by atoms with E-state index in [4.69, 9.17) is 0 Å². The van der Waals surface area contributed by atoms with E-state index in [0.717, 1.165) is 30.8 Å². The van der Waals surface area contributed by atoms with E-state index in [-0.39, 0.29) is 11.8 Å². The highest BCUT2D eigenvalue weighted by Gasteiger charge is 2.24. The number of anilines is 3. The molecule has 1 unspecified atom stereocenters. The molecule has 1 atom stereocenters. The van der Waals surface area contributed by atoms with Crippen LogP contribution in [0.5, 0.6) is 0 Å². The zero-order valence-corrected chi connectivity index (χ0v) is 19.1. The molecule has 33 heavy (non-hydrogen) atoms. The zero-order valence-electron chi connectivity index (χ0n) is 19.1. The third-order valence-electron chi connectivity index (χ3n) is 6.02. The molecule has 6 heteroatoms. The van der Waals surface area contributed by atoms with Gasteiger partial charge in [0.25, 0.3) is 5.91 Å². The molecule has 170 valence electrons. The van der Waals surface area contributed by atoms with E-state index in [2.05, 4.69) is 46.7 Å². The Morgan fingerprint density at radius 3 is 2.15 bits per heavy atom. The summed E-state index contributed by atoms with van der Waals surface area (Å²) < 4.78 is 0. The number of carbonyl (C=O) groups excluding carboxylic acids is 2. The zero-order chi connectivity index (χ0) is 23.2. The molecule has 3 aromatic rings. The van der Waals surface area contributed by atoms with Gasteiger partial charge in [-0.2, -0.15) is 0 Å². The summed E-state index contributed by atoms with van der Waals surface area (Å²) >= 11 is 0. The third-order valence-corrected chi connectivity index (χ3v) is 6.02.